The van der Waals surface area contributed by atoms with E-state index in [4.69, 9.17) is 4.74 Å². The van der Waals surface area contributed by atoms with Crippen molar-refractivity contribution in [2.24, 2.45) is 0 Å². The van der Waals surface area contributed by atoms with Crippen LogP contribution in [0.3, 0.4) is 0 Å². The zero-order valence-corrected chi connectivity index (χ0v) is 10.7. The summed E-state index contributed by atoms with van der Waals surface area (Å²) < 4.78 is 5.78. The van der Waals surface area contributed by atoms with Crippen LogP contribution in [-0.4, -0.2) is 12.4 Å². The van der Waals surface area contributed by atoms with Crippen molar-refractivity contribution in [3.63, 3.8) is 0 Å². The highest BCUT2D eigenvalue weighted by molar-refractivity contribution is 6.02. The number of carbonyl (C=O) groups excluding carboxylic acids is 1. The van der Waals surface area contributed by atoms with Gasteiger partial charge in [0.1, 0.15) is 5.75 Å². The molecule has 1 aromatic rings. The van der Waals surface area contributed by atoms with Gasteiger partial charge in [0.2, 0.25) is 0 Å². The smallest absolute Gasteiger partial charge is 0.163 e. The van der Waals surface area contributed by atoms with Crippen LogP contribution < -0.4 is 4.74 Å². The highest BCUT2D eigenvalue weighted by Gasteiger charge is 2.33. The Labute approximate surface area is 102 Å². The Morgan fingerprint density at radius 1 is 1.18 bits per heavy atom. The van der Waals surface area contributed by atoms with Gasteiger partial charge in [-0.2, -0.15) is 0 Å². The molecule has 1 aliphatic carbocycles. The standard InChI is InChI=1S/C15H18O2/c1-15(2,3)11-8-9-4-5-12(16)13(9)10-6-7-17-14(10)11/h8H,4-7H2,1-3H3. The van der Waals surface area contributed by atoms with Crippen molar-refractivity contribution in [1.82, 2.24) is 0 Å². The molecule has 0 atom stereocenters. The van der Waals surface area contributed by atoms with E-state index in [0.717, 1.165) is 30.8 Å². The van der Waals surface area contributed by atoms with Gasteiger partial charge in [0.15, 0.2) is 5.78 Å². The van der Waals surface area contributed by atoms with E-state index in [1.165, 1.54) is 16.7 Å². The first-order valence-electron chi connectivity index (χ1n) is 6.33. The lowest BCUT2D eigenvalue weighted by Gasteiger charge is -2.23. The van der Waals surface area contributed by atoms with E-state index < -0.39 is 0 Å². The van der Waals surface area contributed by atoms with Crippen LogP contribution in [0, 0.1) is 0 Å². The Balaban J connectivity index is 2.29. The summed E-state index contributed by atoms with van der Waals surface area (Å²) in [6, 6.07) is 2.20. The number of ketones is 1. The van der Waals surface area contributed by atoms with E-state index in [2.05, 4.69) is 26.8 Å². The molecule has 0 bridgehead atoms. The highest BCUT2D eigenvalue weighted by atomic mass is 16.5. The molecule has 0 amide bonds. The molecule has 0 saturated heterocycles. The summed E-state index contributed by atoms with van der Waals surface area (Å²) in [4.78, 5) is 11.9. The Morgan fingerprint density at radius 2 is 1.94 bits per heavy atom. The van der Waals surface area contributed by atoms with E-state index in [1.54, 1.807) is 0 Å². The number of Topliss-reactive ketones (excluding diaryl/α,β-unsaturated/α-hetero) is 1. The average molecular weight is 230 g/mol. The minimum absolute atomic E-state index is 0.0785. The van der Waals surface area contributed by atoms with E-state index in [9.17, 15) is 4.79 Å². The maximum atomic E-state index is 11.9. The van der Waals surface area contributed by atoms with Crippen LogP contribution in [0.25, 0.3) is 0 Å². The summed E-state index contributed by atoms with van der Waals surface area (Å²) in [6.07, 6.45) is 2.48. The number of ether oxygens (including phenoxy) is 1. The summed E-state index contributed by atoms with van der Waals surface area (Å²) in [6.45, 7) is 7.33. The van der Waals surface area contributed by atoms with Crippen LogP contribution in [0.15, 0.2) is 6.07 Å². The summed E-state index contributed by atoms with van der Waals surface area (Å²) in [5.74, 6) is 1.30. The predicted octanol–water partition coefficient (Wildman–Crippen LogP) is 3.05. The molecule has 0 radical (unpaired) electrons. The normalized spacial score (nSPS) is 17.9. The number of carbonyl (C=O) groups is 1. The molecule has 1 aromatic carbocycles. The first kappa shape index (κ1) is 10.8. The van der Waals surface area contributed by atoms with Gasteiger partial charge in [-0.3, -0.25) is 4.79 Å². The maximum Gasteiger partial charge on any atom is 0.163 e. The molecule has 1 aliphatic heterocycles. The van der Waals surface area contributed by atoms with Crippen LogP contribution in [0.5, 0.6) is 5.75 Å². The number of hydrogen-bond donors (Lipinski definition) is 0. The van der Waals surface area contributed by atoms with Gasteiger partial charge in [-0.05, 0) is 17.4 Å². The number of aryl methyl sites for hydroxylation is 1. The second-order valence-electron chi connectivity index (χ2n) is 6.04. The molecule has 2 heteroatoms. The Hall–Kier alpha value is -1.31. The van der Waals surface area contributed by atoms with Crippen molar-refractivity contribution < 1.29 is 9.53 Å². The molecular weight excluding hydrogens is 212 g/mol. The minimum atomic E-state index is 0.0785. The van der Waals surface area contributed by atoms with E-state index in [-0.39, 0.29) is 5.41 Å². The van der Waals surface area contributed by atoms with Gasteiger partial charge in [0.25, 0.3) is 0 Å². The molecular formula is C15H18O2. The van der Waals surface area contributed by atoms with Gasteiger partial charge in [0.05, 0.1) is 6.61 Å². The molecule has 0 N–H and O–H groups in total. The van der Waals surface area contributed by atoms with Crippen molar-refractivity contribution in [2.45, 2.75) is 45.4 Å². The molecule has 2 aliphatic rings. The van der Waals surface area contributed by atoms with E-state index in [1.807, 2.05) is 0 Å². The molecule has 17 heavy (non-hydrogen) atoms. The van der Waals surface area contributed by atoms with E-state index in [0.29, 0.717) is 12.2 Å². The number of benzene rings is 1. The molecule has 0 saturated carbocycles. The third-order valence-electron chi connectivity index (χ3n) is 3.77. The average Bonchev–Trinajstić information content (AvgIpc) is 2.81. The zero-order chi connectivity index (χ0) is 12.2. The van der Waals surface area contributed by atoms with Crippen molar-refractivity contribution in [3.05, 3.63) is 28.3 Å². The monoisotopic (exact) mass is 230 g/mol. The fourth-order valence-electron chi connectivity index (χ4n) is 2.92. The van der Waals surface area contributed by atoms with Crippen LogP contribution in [0.2, 0.25) is 0 Å². The molecule has 0 spiro atoms. The summed E-state index contributed by atoms with van der Waals surface area (Å²) >= 11 is 0. The molecule has 0 aromatic heterocycles. The number of rotatable bonds is 0. The van der Waals surface area contributed by atoms with Crippen LogP contribution in [0.4, 0.5) is 0 Å². The Morgan fingerprint density at radius 3 is 2.65 bits per heavy atom. The van der Waals surface area contributed by atoms with Gasteiger partial charge in [0, 0.05) is 29.5 Å². The van der Waals surface area contributed by atoms with Crippen LogP contribution >= 0.6 is 0 Å². The topological polar surface area (TPSA) is 26.3 Å². The second kappa shape index (κ2) is 3.34. The fourth-order valence-corrected chi connectivity index (χ4v) is 2.92. The minimum Gasteiger partial charge on any atom is -0.493 e. The van der Waals surface area contributed by atoms with Gasteiger partial charge < -0.3 is 4.74 Å². The Kier molecular flexibility index (Phi) is 2.13. The first-order chi connectivity index (χ1) is 7.98. The summed E-state index contributed by atoms with van der Waals surface area (Å²) in [7, 11) is 0. The van der Waals surface area contributed by atoms with Gasteiger partial charge in [-0.1, -0.05) is 26.8 Å². The molecule has 2 nitrogen and oxygen atoms in total. The molecule has 90 valence electrons. The van der Waals surface area contributed by atoms with Crippen molar-refractivity contribution >= 4 is 5.78 Å². The summed E-state index contributed by atoms with van der Waals surface area (Å²) in [5.41, 5.74) is 4.73. The van der Waals surface area contributed by atoms with Gasteiger partial charge in [-0.15, -0.1) is 0 Å². The number of hydrogen-bond acceptors (Lipinski definition) is 2. The lowest BCUT2D eigenvalue weighted by atomic mass is 9.82. The van der Waals surface area contributed by atoms with E-state index >= 15 is 0 Å². The van der Waals surface area contributed by atoms with Crippen molar-refractivity contribution in [3.8, 4) is 5.75 Å². The van der Waals surface area contributed by atoms with Crippen LogP contribution in [-0.2, 0) is 18.3 Å². The van der Waals surface area contributed by atoms with Gasteiger partial charge in [-0.25, -0.2) is 0 Å². The van der Waals surface area contributed by atoms with Crippen LogP contribution in [0.1, 0.15) is 54.2 Å². The van der Waals surface area contributed by atoms with Crippen molar-refractivity contribution in [2.75, 3.05) is 6.61 Å². The Bertz CT molecular complexity index is 507. The molecule has 0 fully saturated rings. The third-order valence-corrected chi connectivity index (χ3v) is 3.77. The molecule has 0 unspecified atom stereocenters. The molecule has 3 rings (SSSR count). The fraction of sp³-hybridized carbons (Fsp3) is 0.533. The zero-order valence-electron chi connectivity index (χ0n) is 10.7. The van der Waals surface area contributed by atoms with Gasteiger partial charge >= 0.3 is 0 Å². The first-order valence-corrected chi connectivity index (χ1v) is 6.33. The molecule has 1 heterocycles. The maximum absolute atomic E-state index is 11.9. The SMILES string of the molecule is CC(C)(C)c1cc2c(c3c1OCC3)C(=O)CC2. The van der Waals surface area contributed by atoms with Crippen molar-refractivity contribution in [1.29, 1.82) is 0 Å². The number of fused-ring (bicyclic) bond motifs is 3. The summed E-state index contributed by atoms with van der Waals surface area (Å²) in [5, 5.41) is 0. The largest absolute Gasteiger partial charge is 0.493 e. The second-order valence-corrected chi connectivity index (χ2v) is 6.04. The highest BCUT2D eigenvalue weighted by Crippen LogP contribution is 2.43. The predicted molar refractivity (Wildman–Crippen MR) is 67.0 cm³/mol. The lowest BCUT2D eigenvalue weighted by Crippen LogP contribution is -2.14. The quantitative estimate of drug-likeness (QED) is 0.684. The third kappa shape index (κ3) is 1.50. The lowest BCUT2D eigenvalue weighted by molar-refractivity contribution is 0.0994.